The summed E-state index contributed by atoms with van der Waals surface area (Å²) in [5.74, 6) is 1.12. The Bertz CT molecular complexity index is 631. The molecular weight excluding hydrogens is 270 g/mol. The van der Waals surface area contributed by atoms with Crippen LogP contribution in [0.25, 0.3) is 0 Å². The molecule has 7 nitrogen and oxygen atoms in total. The first kappa shape index (κ1) is 13.7. The average Bonchev–Trinajstić information content (AvgIpc) is 2.74. The predicted molar refractivity (Wildman–Crippen MR) is 77.1 cm³/mol. The van der Waals surface area contributed by atoms with Crippen LogP contribution in [0.5, 0.6) is 0 Å². The number of rotatable bonds is 3. The maximum absolute atomic E-state index is 11.3. The van der Waals surface area contributed by atoms with Gasteiger partial charge >= 0.3 is 0 Å². The molecule has 1 fully saturated rings. The Morgan fingerprint density at radius 2 is 2.33 bits per heavy atom. The van der Waals surface area contributed by atoms with E-state index in [1.165, 1.54) is 12.4 Å². The van der Waals surface area contributed by atoms with E-state index in [-0.39, 0.29) is 11.5 Å². The van der Waals surface area contributed by atoms with Crippen LogP contribution in [0.1, 0.15) is 5.69 Å². The van der Waals surface area contributed by atoms with Gasteiger partial charge in [0.1, 0.15) is 5.82 Å². The Morgan fingerprint density at radius 1 is 1.38 bits per heavy atom. The first-order chi connectivity index (χ1) is 10.3. The number of aromatic nitrogens is 4. The van der Waals surface area contributed by atoms with Gasteiger partial charge in [0.05, 0.1) is 25.7 Å². The van der Waals surface area contributed by atoms with Crippen LogP contribution in [0.15, 0.2) is 35.8 Å². The molecular formula is C14H17N5O2. The van der Waals surface area contributed by atoms with Crippen molar-refractivity contribution in [1.29, 1.82) is 0 Å². The Morgan fingerprint density at radius 3 is 3.14 bits per heavy atom. The number of hydrogen-bond donors (Lipinski definition) is 1. The molecule has 0 unspecified atom stereocenters. The smallest absolute Gasteiger partial charge is 0.250 e. The quantitative estimate of drug-likeness (QED) is 0.871. The van der Waals surface area contributed by atoms with Gasteiger partial charge in [0.25, 0.3) is 5.56 Å². The van der Waals surface area contributed by atoms with Crippen molar-refractivity contribution in [2.75, 3.05) is 31.2 Å². The van der Waals surface area contributed by atoms with E-state index in [0.717, 1.165) is 24.6 Å². The highest BCUT2D eigenvalue weighted by Crippen LogP contribution is 2.16. The summed E-state index contributed by atoms with van der Waals surface area (Å²) in [6.07, 6.45) is 7.26. The third-order valence-corrected chi connectivity index (χ3v) is 3.44. The van der Waals surface area contributed by atoms with Crippen molar-refractivity contribution in [2.24, 2.45) is 5.92 Å². The molecule has 2 aromatic rings. The SMILES string of the molecule is O=c1cc(C[C@H]2COCCN(c3cnccn3)C2)nc[nH]1. The molecule has 1 N–H and O–H groups in total. The molecule has 3 heterocycles. The summed E-state index contributed by atoms with van der Waals surface area (Å²) < 4.78 is 5.66. The van der Waals surface area contributed by atoms with Gasteiger partial charge in [0, 0.05) is 43.2 Å². The summed E-state index contributed by atoms with van der Waals surface area (Å²) in [6.45, 7) is 2.92. The van der Waals surface area contributed by atoms with E-state index in [2.05, 4.69) is 24.8 Å². The van der Waals surface area contributed by atoms with Crippen LogP contribution >= 0.6 is 0 Å². The molecule has 2 aromatic heterocycles. The second-order valence-corrected chi connectivity index (χ2v) is 5.06. The first-order valence-electron chi connectivity index (χ1n) is 6.93. The standard InChI is InChI=1S/C14H17N5O2/c20-14-6-12(17-10-18-14)5-11-8-19(3-4-21-9-11)13-7-15-1-2-16-13/h1-2,6-7,10-11H,3-5,8-9H2,(H,17,18,20)/t11-/m1/s1. The minimum absolute atomic E-state index is 0.125. The summed E-state index contributed by atoms with van der Waals surface area (Å²) >= 11 is 0. The van der Waals surface area contributed by atoms with Crippen LogP contribution in [-0.2, 0) is 11.2 Å². The second kappa shape index (κ2) is 6.45. The van der Waals surface area contributed by atoms with E-state index in [9.17, 15) is 4.79 Å². The molecule has 1 aliphatic rings. The van der Waals surface area contributed by atoms with Crippen LogP contribution in [-0.4, -0.2) is 46.2 Å². The van der Waals surface area contributed by atoms with Gasteiger partial charge in [-0.25, -0.2) is 9.97 Å². The molecule has 1 saturated heterocycles. The van der Waals surface area contributed by atoms with Crippen LogP contribution in [0.3, 0.4) is 0 Å². The number of nitrogens with zero attached hydrogens (tertiary/aromatic N) is 4. The average molecular weight is 287 g/mol. The van der Waals surface area contributed by atoms with Gasteiger partial charge in [0.15, 0.2) is 0 Å². The zero-order chi connectivity index (χ0) is 14.5. The van der Waals surface area contributed by atoms with Crippen molar-refractivity contribution < 1.29 is 4.74 Å². The van der Waals surface area contributed by atoms with Gasteiger partial charge in [-0.3, -0.25) is 9.78 Å². The van der Waals surface area contributed by atoms with Crippen molar-refractivity contribution >= 4 is 5.82 Å². The number of aromatic amines is 1. The third-order valence-electron chi connectivity index (χ3n) is 3.44. The third kappa shape index (κ3) is 3.63. The van der Waals surface area contributed by atoms with E-state index in [0.29, 0.717) is 19.6 Å². The molecule has 0 amide bonds. The Kier molecular flexibility index (Phi) is 4.20. The summed E-state index contributed by atoms with van der Waals surface area (Å²) in [4.78, 5) is 28.7. The van der Waals surface area contributed by atoms with E-state index in [4.69, 9.17) is 4.74 Å². The summed E-state index contributed by atoms with van der Waals surface area (Å²) in [5, 5.41) is 0. The fourth-order valence-corrected chi connectivity index (χ4v) is 2.48. The van der Waals surface area contributed by atoms with Gasteiger partial charge < -0.3 is 14.6 Å². The molecule has 0 radical (unpaired) electrons. The Labute approximate surface area is 122 Å². The topological polar surface area (TPSA) is 84.0 Å². The molecule has 1 aliphatic heterocycles. The molecule has 0 saturated carbocycles. The van der Waals surface area contributed by atoms with E-state index >= 15 is 0 Å². The Balaban J connectivity index is 1.72. The number of anilines is 1. The van der Waals surface area contributed by atoms with Crippen molar-refractivity contribution in [1.82, 2.24) is 19.9 Å². The lowest BCUT2D eigenvalue weighted by Gasteiger charge is -2.23. The normalized spacial score (nSPS) is 19.2. The van der Waals surface area contributed by atoms with Crippen LogP contribution in [0.2, 0.25) is 0 Å². The highest BCUT2D eigenvalue weighted by molar-refractivity contribution is 5.35. The number of hydrogen-bond acceptors (Lipinski definition) is 6. The maximum Gasteiger partial charge on any atom is 0.250 e. The summed E-state index contributed by atoms with van der Waals surface area (Å²) in [5.41, 5.74) is 0.661. The maximum atomic E-state index is 11.3. The van der Waals surface area contributed by atoms with Crippen molar-refractivity contribution in [3.8, 4) is 0 Å². The lowest BCUT2D eigenvalue weighted by molar-refractivity contribution is 0.123. The lowest BCUT2D eigenvalue weighted by atomic mass is 10.0. The molecule has 0 bridgehead atoms. The zero-order valence-corrected chi connectivity index (χ0v) is 11.6. The number of ether oxygens (including phenoxy) is 1. The molecule has 1 atom stereocenters. The van der Waals surface area contributed by atoms with Crippen molar-refractivity contribution in [2.45, 2.75) is 6.42 Å². The highest BCUT2D eigenvalue weighted by atomic mass is 16.5. The highest BCUT2D eigenvalue weighted by Gasteiger charge is 2.20. The predicted octanol–water partition coefficient (Wildman–Crippen LogP) is 0.255. The second-order valence-electron chi connectivity index (χ2n) is 5.06. The molecule has 110 valence electrons. The van der Waals surface area contributed by atoms with Gasteiger partial charge in [-0.05, 0) is 6.42 Å². The monoisotopic (exact) mass is 287 g/mol. The van der Waals surface area contributed by atoms with Crippen molar-refractivity contribution in [3.05, 3.63) is 47.0 Å². The molecule has 3 rings (SSSR count). The number of H-pyrrole nitrogens is 1. The largest absolute Gasteiger partial charge is 0.379 e. The van der Waals surface area contributed by atoms with Crippen molar-refractivity contribution in [3.63, 3.8) is 0 Å². The first-order valence-corrected chi connectivity index (χ1v) is 6.93. The van der Waals surface area contributed by atoms with Crippen LogP contribution < -0.4 is 10.5 Å². The number of nitrogens with one attached hydrogen (secondary N) is 1. The minimum Gasteiger partial charge on any atom is -0.379 e. The summed E-state index contributed by atoms with van der Waals surface area (Å²) in [7, 11) is 0. The Hall–Kier alpha value is -2.28. The fourth-order valence-electron chi connectivity index (χ4n) is 2.48. The minimum atomic E-state index is -0.125. The fraction of sp³-hybridized carbons (Fsp3) is 0.429. The van der Waals surface area contributed by atoms with Crippen LogP contribution in [0.4, 0.5) is 5.82 Å². The van der Waals surface area contributed by atoms with E-state index in [1.54, 1.807) is 18.6 Å². The molecule has 0 aliphatic carbocycles. The molecule has 0 aromatic carbocycles. The molecule has 21 heavy (non-hydrogen) atoms. The van der Waals surface area contributed by atoms with Crippen LogP contribution in [0, 0.1) is 5.92 Å². The molecule has 7 heteroatoms. The van der Waals surface area contributed by atoms with Gasteiger partial charge in [0.2, 0.25) is 0 Å². The summed E-state index contributed by atoms with van der Waals surface area (Å²) in [6, 6.07) is 1.54. The zero-order valence-electron chi connectivity index (χ0n) is 11.6. The van der Waals surface area contributed by atoms with Gasteiger partial charge in [-0.1, -0.05) is 0 Å². The van der Waals surface area contributed by atoms with Gasteiger partial charge in [-0.15, -0.1) is 0 Å². The molecule has 0 spiro atoms. The van der Waals surface area contributed by atoms with E-state index in [1.807, 2.05) is 0 Å². The van der Waals surface area contributed by atoms with E-state index < -0.39 is 0 Å². The lowest BCUT2D eigenvalue weighted by Crippen LogP contribution is -2.31. The van der Waals surface area contributed by atoms with Gasteiger partial charge in [-0.2, -0.15) is 0 Å².